The SMILES string of the molecule is CCCCNC(=O)[C@H](CC)N(Cc1ccc(F)cc1)C(=O)CN(c1cccc(Cl)c1C)S(=O)(=O)c1ccccc1. The van der Waals surface area contributed by atoms with Gasteiger partial charge < -0.3 is 10.2 Å². The Hall–Kier alpha value is -3.43. The van der Waals surface area contributed by atoms with Crippen molar-refractivity contribution in [3.8, 4) is 0 Å². The minimum Gasteiger partial charge on any atom is -0.354 e. The van der Waals surface area contributed by atoms with Crippen molar-refractivity contribution in [2.45, 2.75) is 57.5 Å². The van der Waals surface area contributed by atoms with Crippen molar-refractivity contribution in [1.29, 1.82) is 0 Å². The van der Waals surface area contributed by atoms with Gasteiger partial charge >= 0.3 is 0 Å². The van der Waals surface area contributed by atoms with Crippen molar-refractivity contribution in [1.82, 2.24) is 10.2 Å². The van der Waals surface area contributed by atoms with Crippen molar-refractivity contribution in [2.24, 2.45) is 0 Å². The molecule has 0 fully saturated rings. The van der Waals surface area contributed by atoms with E-state index in [1.54, 1.807) is 50.2 Å². The number of sulfonamides is 1. The number of carbonyl (C=O) groups is 2. The molecule has 0 heterocycles. The molecular formula is C30H35ClFN3O4S. The largest absolute Gasteiger partial charge is 0.354 e. The van der Waals surface area contributed by atoms with E-state index in [2.05, 4.69) is 5.32 Å². The summed E-state index contributed by atoms with van der Waals surface area (Å²) in [7, 11) is -4.19. The smallest absolute Gasteiger partial charge is 0.264 e. The topological polar surface area (TPSA) is 86.8 Å². The lowest BCUT2D eigenvalue weighted by molar-refractivity contribution is -0.140. The van der Waals surface area contributed by atoms with Crippen LogP contribution in [0.25, 0.3) is 0 Å². The number of nitrogens with zero attached hydrogens (tertiary/aromatic N) is 2. The highest BCUT2D eigenvalue weighted by Gasteiger charge is 2.34. The Morgan fingerprint density at radius 3 is 2.27 bits per heavy atom. The lowest BCUT2D eigenvalue weighted by atomic mass is 10.1. The Labute approximate surface area is 241 Å². The molecule has 1 atom stereocenters. The molecule has 0 saturated carbocycles. The monoisotopic (exact) mass is 587 g/mol. The van der Waals surface area contributed by atoms with Gasteiger partial charge in [-0.1, -0.05) is 68.3 Å². The summed E-state index contributed by atoms with van der Waals surface area (Å²) in [5.41, 5.74) is 1.35. The van der Waals surface area contributed by atoms with Crippen LogP contribution >= 0.6 is 11.6 Å². The van der Waals surface area contributed by atoms with E-state index in [0.717, 1.165) is 17.1 Å². The molecule has 10 heteroatoms. The van der Waals surface area contributed by atoms with E-state index in [4.69, 9.17) is 11.6 Å². The molecule has 7 nitrogen and oxygen atoms in total. The number of rotatable bonds is 13. The normalized spacial score (nSPS) is 12.0. The zero-order valence-corrected chi connectivity index (χ0v) is 24.5. The quantitative estimate of drug-likeness (QED) is 0.260. The molecule has 0 aliphatic rings. The molecule has 3 rings (SSSR count). The first-order valence-corrected chi connectivity index (χ1v) is 15.1. The average Bonchev–Trinajstić information content (AvgIpc) is 2.95. The van der Waals surface area contributed by atoms with Crippen LogP contribution in [-0.2, 0) is 26.2 Å². The summed E-state index contributed by atoms with van der Waals surface area (Å²) in [5.74, 6) is -1.34. The predicted octanol–water partition coefficient (Wildman–Crippen LogP) is 5.71. The fourth-order valence-electron chi connectivity index (χ4n) is 4.31. The van der Waals surface area contributed by atoms with Crippen molar-refractivity contribution in [2.75, 3.05) is 17.4 Å². The van der Waals surface area contributed by atoms with Crippen LogP contribution in [0.4, 0.5) is 10.1 Å². The minimum absolute atomic E-state index is 0.00737. The van der Waals surface area contributed by atoms with Gasteiger partial charge in [-0.05, 0) is 67.3 Å². The molecular weight excluding hydrogens is 553 g/mol. The number of benzene rings is 3. The molecule has 3 aromatic rings. The van der Waals surface area contributed by atoms with E-state index in [1.807, 2.05) is 6.92 Å². The number of unbranched alkanes of at least 4 members (excludes halogenated alkanes) is 1. The maximum Gasteiger partial charge on any atom is 0.264 e. The molecule has 0 saturated heterocycles. The second kappa shape index (κ2) is 14.3. The van der Waals surface area contributed by atoms with Crippen LogP contribution in [0.3, 0.4) is 0 Å². The summed E-state index contributed by atoms with van der Waals surface area (Å²) in [6.07, 6.45) is 1.97. The molecule has 1 N–H and O–H groups in total. The molecule has 0 aliphatic heterocycles. The van der Waals surface area contributed by atoms with Crippen LogP contribution < -0.4 is 9.62 Å². The third-order valence-electron chi connectivity index (χ3n) is 6.60. The van der Waals surface area contributed by atoms with Gasteiger partial charge in [0.25, 0.3) is 10.0 Å². The van der Waals surface area contributed by atoms with Crippen LogP contribution in [0.5, 0.6) is 0 Å². The molecule has 214 valence electrons. The maximum atomic E-state index is 14.0. The van der Waals surface area contributed by atoms with E-state index in [9.17, 15) is 22.4 Å². The number of carbonyl (C=O) groups excluding carboxylic acids is 2. The van der Waals surface area contributed by atoms with Gasteiger partial charge in [-0.15, -0.1) is 0 Å². The Morgan fingerprint density at radius 1 is 0.975 bits per heavy atom. The molecule has 40 heavy (non-hydrogen) atoms. The molecule has 0 aliphatic carbocycles. The van der Waals surface area contributed by atoms with Gasteiger partial charge in [0.05, 0.1) is 10.6 Å². The Balaban J connectivity index is 2.06. The summed E-state index contributed by atoms with van der Waals surface area (Å²) >= 11 is 6.35. The van der Waals surface area contributed by atoms with Crippen molar-refractivity contribution in [3.63, 3.8) is 0 Å². The number of amides is 2. The Kier molecular flexibility index (Phi) is 11.1. The van der Waals surface area contributed by atoms with Crippen LogP contribution in [0.1, 0.15) is 44.2 Å². The summed E-state index contributed by atoms with van der Waals surface area (Å²) < 4.78 is 42.4. The number of nitrogens with one attached hydrogen (secondary N) is 1. The summed E-state index contributed by atoms with van der Waals surface area (Å²) in [6.45, 7) is 5.36. The second-order valence-electron chi connectivity index (χ2n) is 9.43. The van der Waals surface area contributed by atoms with Crippen molar-refractivity contribution >= 4 is 39.1 Å². The van der Waals surface area contributed by atoms with Gasteiger partial charge in [-0.3, -0.25) is 13.9 Å². The molecule has 3 aromatic carbocycles. The van der Waals surface area contributed by atoms with Crippen LogP contribution in [0.2, 0.25) is 5.02 Å². The van der Waals surface area contributed by atoms with E-state index in [1.165, 1.54) is 41.3 Å². The van der Waals surface area contributed by atoms with Crippen LogP contribution in [-0.4, -0.2) is 44.3 Å². The molecule has 0 aromatic heterocycles. The molecule has 0 bridgehead atoms. The van der Waals surface area contributed by atoms with E-state index in [-0.39, 0.29) is 23.0 Å². The number of hydrogen-bond donors (Lipinski definition) is 1. The van der Waals surface area contributed by atoms with Gasteiger partial charge in [-0.2, -0.15) is 0 Å². The minimum atomic E-state index is -4.19. The lowest BCUT2D eigenvalue weighted by Gasteiger charge is -2.33. The fourth-order valence-corrected chi connectivity index (χ4v) is 5.97. The summed E-state index contributed by atoms with van der Waals surface area (Å²) in [5, 5.41) is 3.23. The predicted molar refractivity (Wildman–Crippen MR) is 156 cm³/mol. The highest BCUT2D eigenvalue weighted by Crippen LogP contribution is 2.31. The maximum absolute atomic E-state index is 14.0. The fraction of sp³-hybridized carbons (Fsp3) is 0.333. The highest BCUT2D eigenvalue weighted by atomic mass is 35.5. The standard InChI is InChI=1S/C30H35ClFN3O4S/c1-4-6-19-33-30(37)27(5-2)34(20-23-15-17-24(32)18-16-23)29(36)21-35(28-14-10-13-26(31)22(28)3)40(38,39)25-11-8-7-9-12-25/h7-18,27H,4-6,19-21H2,1-3H3,(H,33,37)/t27-/m0/s1. The molecule has 0 spiro atoms. The average molecular weight is 588 g/mol. The number of halogens is 2. The van der Waals surface area contributed by atoms with Crippen molar-refractivity contribution < 1.29 is 22.4 Å². The van der Waals surface area contributed by atoms with Gasteiger partial charge in [0.15, 0.2) is 0 Å². The first-order valence-electron chi connectivity index (χ1n) is 13.2. The molecule has 0 unspecified atom stereocenters. The Morgan fingerprint density at radius 2 is 1.65 bits per heavy atom. The first kappa shape index (κ1) is 31.1. The molecule has 0 radical (unpaired) electrons. The molecule has 2 amide bonds. The number of anilines is 1. The van der Waals surface area contributed by atoms with Gasteiger partial charge in [-0.25, -0.2) is 12.8 Å². The zero-order valence-electron chi connectivity index (χ0n) is 22.9. The summed E-state index contributed by atoms with van der Waals surface area (Å²) in [6, 6.07) is 17.4. The Bertz CT molecular complexity index is 1400. The highest BCUT2D eigenvalue weighted by molar-refractivity contribution is 7.92. The van der Waals surface area contributed by atoms with Crippen LogP contribution in [0.15, 0.2) is 77.7 Å². The lowest BCUT2D eigenvalue weighted by Crippen LogP contribution is -2.52. The van der Waals surface area contributed by atoms with Crippen LogP contribution in [0, 0.1) is 12.7 Å². The van der Waals surface area contributed by atoms with Gasteiger partial charge in [0, 0.05) is 18.1 Å². The third kappa shape index (κ3) is 7.61. The second-order valence-corrected chi connectivity index (χ2v) is 11.7. The van der Waals surface area contributed by atoms with E-state index < -0.39 is 34.3 Å². The van der Waals surface area contributed by atoms with Gasteiger partial charge in [0.1, 0.15) is 18.4 Å². The third-order valence-corrected chi connectivity index (χ3v) is 8.78. The van der Waals surface area contributed by atoms with Crippen molar-refractivity contribution in [3.05, 3.63) is 94.8 Å². The zero-order chi connectivity index (χ0) is 29.3. The number of hydrogen-bond acceptors (Lipinski definition) is 4. The first-order chi connectivity index (χ1) is 19.1. The van der Waals surface area contributed by atoms with E-state index >= 15 is 0 Å². The van der Waals surface area contributed by atoms with Gasteiger partial charge in [0.2, 0.25) is 11.8 Å². The summed E-state index contributed by atoms with van der Waals surface area (Å²) in [4.78, 5) is 28.6. The van der Waals surface area contributed by atoms with E-state index in [0.29, 0.717) is 29.1 Å².